The summed E-state index contributed by atoms with van der Waals surface area (Å²) in [6.45, 7) is 8.42. The van der Waals surface area contributed by atoms with E-state index in [1.807, 2.05) is 24.3 Å². The van der Waals surface area contributed by atoms with Gasteiger partial charge in [-0.2, -0.15) is 0 Å². The van der Waals surface area contributed by atoms with Crippen molar-refractivity contribution < 1.29 is 75.0 Å². The molecule has 0 spiro atoms. The van der Waals surface area contributed by atoms with Gasteiger partial charge in [-0.1, -0.05) is 48.5 Å². The second-order valence-corrected chi connectivity index (χ2v) is 20.9. The zero-order valence-electron chi connectivity index (χ0n) is 55.5. The molecule has 16 nitrogen and oxygen atoms in total. The molecule has 0 aliphatic carbocycles. The van der Waals surface area contributed by atoms with Crippen LogP contribution in [0.2, 0.25) is 0 Å². The van der Waals surface area contributed by atoms with E-state index in [1.165, 1.54) is 50.1 Å². The molecule has 0 N–H and O–H groups in total. The van der Waals surface area contributed by atoms with E-state index in [9.17, 15) is 4.79 Å². The molecule has 0 saturated heterocycles. The molecule has 6 aliphatic rings. The summed E-state index contributed by atoms with van der Waals surface area (Å²) in [6, 6.07) is 31.2. The van der Waals surface area contributed by atoms with E-state index in [4.69, 9.17) is 47.4 Å². The SMILES string of the molecule is CC(=O)C[N+]1=Cc2ccccc2CC1.COc1c2c(cc3c1OCO3)C=[N+](C)CC2.COc1cc2c(c(OC)c1OC)CC[N+](C)=C2.COc1cc2c(cc1OC)CC[N+](C)=C2.COc1cc2c(cc1OC)CC[N+](Cc1ccccc1)=C2.[CH3-].[CH3-].[CH3-].[CH3-].[CH3-]. The van der Waals surface area contributed by atoms with E-state index in [2.05, 4.69) is 142 Å². The van der Waals surface area contributed by atoms with Crippen molar-refractivity contribution in [1.82, 2.24) is 0 Å². The number of carbonyl (C=O) groups is 1. The number of benzene rings is 6. The summed E-state index contributed by atoms with van der Waals surface area (Å²) in [5, 5.41) is 0. The number of Topliss-reactive ketones (excluding diaryl/α,β-unsaturated/α-hetero) is 1. The van der Waals surface area contributed by atoms with Gasteiger partial charge < -0.3 is 84.5 Å². The molecule has 12 rings (SSSR count). The van der Waals surface area contributed by atoms with Crippen LogP contribution in [-0.2, 0) is 43.4 Å². The molecule has 0 amide bonds. The second kappa shape index (κ2) is 35.2. The van der Waals surface area contributed by atoms with E-state index in [0.29, 0.717) is 18.0 Å². The van der Waals surface area contributed by atoms with Crippen molar-refractivity contribution in [2.24, 2.45) is 0 Å². The van der Waals surface area contributed by atoms with Gasteiger partial charge in [0.2, 0.25) is 24.8 Å². The van der Waals surface area contributed by atoms with Gasteiger partial charge in [-0.15, -0.1) is 0 Å². The lowest BCUT2D eigenvalue weighted by atomic mass is 10.00. The Balaban J connectivity index is 0.000000285. The lowest BCUT2D eigenvalue weighted by Gasteiger charge is -2.19. The standard InChI is InChI=1S/C18H20NO2.C13H18NO3.C12H14NO3.C12H16NO2.C12H14NO.5CH3/c1-20-17-10-15-8-9-19(12-14-6-4-3-5-7-14)13-16(15)11-18(17)21-2;1-14-6-5-10-9(8-14)7-11(15-2)13(17-4)12(10)16-3;1-13-4-3-9-8(6-13)5-10-12(11(9)14-2)16-7-15-10;1-13-5-4-9-6-11(14-2)12(15-3)7-10(9)8-13;1-10(14)8-13-7-6-11-4-2-3-5-12(11)9-13;;;;;/h3-7,10-11,13H,8-9,12H2,1-2H3;7-8H,5-6H2,1-4H3;5-6H,3-4,7H2,1-2H3;6-8H,4-5H2,1-3H3;2-5,9H,6-8H2,1H3;5*1H3/q5*+1;5*-1. The van der Waals surface area contributed by atoms with Gasteiger partial charge >= 0.3 is 0 Å². The first kappa shape index (κ1) is 73.6. The van der Waals surface area contributed by atoms with Crippen LogP contribution >= 0.6 is 0 Å². The van der Waals surface area contributed by atoms with Gasteiger partial charge in [-0.05, 0) is 59.2 Å². The summed E-state index contributed by atoms with van der Waals surface area (Å²) in [5.74, 6) is 7.94. The Bertz CT molecular complexity index is 3460. The van der Waals surface area contributed by atoms with Gasteiger partial charge in [0.15, 0.2) is 89.4 Å². The number of hydrogen-bond donors (Lipinski definition) is 0. The molecule has 88 heavy (non-hydrogen) atoms. The van der Waals surface area contributed by atoms with Crippen LogP contribution in [0.15, 0.2) is 91.0 Å². The molecule has 0 unspecified atom stereocenters. The first-order chi connectivity index (χ1) is 40.3. The maximum absolute atomic E-state index is 11.0. The number of fused-ring (bicyclic) bond motifs is 6. The van der Waals surface area contributed by atoms with Gasteiger partial charge in [-0.3, -0.25) is 4.79 Å². The van der Waals surface area contributed by atoms with Crippen LogP contribution in [0, 0.1) is 37.1 Å². The largest absolute Gasteiger partial charge is 0.493 e. The highest BCUT2D eigenvalue weighted by molar-refractivity contribution is 5.85. The highest BCUT2D eigenvalue weighted by atomic mass is 16.7. The Morgan fingerprint density at radius 2 is 0.864 bits per heavy atom. The van der Waals surface area contributed by atoms with E-state index >= 15 is 0 Å². The van der Waals surface area contributed by atoms with Gasteiger partial charge in [0.05, 0.1) is 56.9 Å². The Labute approximate surface area is 526 Å². The fourth-order valence-electron chi connectivity index (χ4n) is 10.9. The van der Waals surface area contributed by atoms with Gasteiger partial charge in [0, 0.05) is 83.5 Å². The first-order valence-corrected chi connectivity index (χ1v) is 28.1. The summed E-state index contributed by atoms with van der Waals surface area (Å²) in [4.78, 5) is 11.0. The number of methoxy groups -OCH3 is 8. The summed E-state index contributed by atoms with van der Waals surface area (Å²) in [5.41, 5.74) is 13.7. The molecule has 0 radical (unpaired) electrons. The van der Waals surface area contributed by atoms with Crippen LogP contribution < -0.4 is 47.4 Å². The zero-order valence-corrected chi connectivity index (χ0v) is 55.5. The van der Waals surface area contributed by atoms with Crippen molar-refractivity contribution in [1.29, 1.82) is 0 Å². The summed E-state index contributed by atoms with van der Waals surface area (Å²) in [6.07, 6.45) is 15.7. The van der Waals surface area contributed by atoms with E-state index in [-0.39, 0.29) is 49.7 Å². The summed E-state index contributed by atoms with van der Waals surface area (Å²) in [7, 11) is 19.5. The van der Waals surface area contributed by atoms with Crippen molar-refractivity contribution in [3.05, 3.63) is 189 Å². The third-order valence-electron chi connectivity index (χ3n) is 15.1. The Kier molecular flexibility index (Phi) is 29.5. The molecule has 0 saturated carbocycles. The van der Waals surface area contributed by atoms with Crippen molar-refractivity contribution >= 4 is 36.9 Å². The molecule has 0 bridgehead atoms. The third kappa shape index (κ3) is 18.2. The number of likely N-dealkylation sites (N-methyl/N-ethyl adjacent to an activating group) is 3. The normalized spacial score (nSPS) is 13.6. The Morgan fingerprint density at radius 3 is 1.42 bits per heavy atom. The molecule has 16 heteroatoms. The van der Waals surface area contributed by atoms with Crippen LogP contribution in [0.3, 0.4) is 0 Å². The minimum absolute atomic E-state index is 0. The van der Waals surface area contributed by atoms with E-state index in [0.717, 1.165) is 128 Å². The van der Waals surface area contributed by atoms with Crippen molar-refractivity contribution in [3.63, 3.8) is 0 Å². The van der Waals surface area contributed by atoms with Crippen molar-refractivity contribution in [2.45, 2.75) is 45.6 Å². The average Bonchev–Trinajstić information content (AvgIpc) is 3.00. The lowest BCUT2D eigenvalue weighted by molar-refractivity contribution is -0.540. The molecule has 6 aliphatic heterocycles. The predicted octanol–water partition coefficient (Wildman–Crippen LogP) is 10.1. The molecule has 6 aromatic rings. The number of hydrogen-bond acceptors (Lipinski definition) is 11. The van der Waals surface area contributed by atoms with Crippen molar-refractivity contribution in [2.75, 3.05) is 124 Å². The molecule has 0 aromatic heterocycles. The van der Waals surface area contributed by atoms with Crippen LogP contribution in [0.1, 0.15) is 68.1 Å². The molecule has 0 atom stereocenters. The second-order valence-electron chi connectivity index (χ2n) is 20.9. The van der Waals surface area contributed by atoms with Crippen LogP contribution in [-0.4, -0.2) is 184 Å². The van der Waals surface area contributed by atoms with Gasteiger partial charge in [0.25, 0.3) is 0 Å². The lowest BCUT2D eigenvalue weighted by Crippen LogP contribution is -2.26. The molecule has 6 heterocycles. The number of ketones is 1. The minimum atomic E-state index is 0. The van der Waals surface area contributed by atoms with E-state index in [1.54, 1.807) is 63.8 Å². The molecular formula is C72H97N5O11. The maximum Gasteiger partial charge on any atom is 0.231 e. The fourth-order valence-corrected chi connectivity index (χ4v) is 10.9. The number of ether oxygens (including phenoxy) is 10. The molecule has 0 fully saturated rings. The number of nitrogens with zero attached hydrogens (tertiary/aromatic N) is 5. The summed E-state index contributed by atoms with van der Waals surface area (Å²) >= 11 is 0. The first-order valence-electron chi connectivity index (χ1n) is 28.1. The van der Waals surface area contributed by atoms with Gasteiger partial charge in [0.1, 0.15) is 53.9 Å². The fraction of sp³-hybridized carbons (Fsp3) is 0.347. The predicted molar refractivity (Wildman–Crippen MR) is 356 cm³/mol. The highest BCUT2D eigenvalue weighted by Crippen LogP contribution is 2.46. The van der Waals surface area contributed by atoms with Crippen molar-refractivity contribution in [3.8, 4) is 57.5 Å². The molecular weight excluding hydrogens is 1110 g/mol. The summed E-state index contributed by atoms with van der Waals surface area (Å²) < 4.78 is 64.7. The highest BCUT2D eigenvalue weighted by Gasteiger charge is 2.29. The van der Waals surface area contributed by atoms with Crippen LogP contribution in [0.4, 0.5) is 0 Å². The van der Waals surface area contributed by atoms with Crippen LogP contribution in [0.25, 0.3) is 0 Å². The van der Waals surface area contributed by atoms with E-state index < -0.39 is 0 Å². The van der Waals surface area contributed by atoms with Crippen LogP contribution in [0.5, 0.6) is 57.5 Å². The smallest absolute Gasteiger partial charge is 0.231 e. The van der Waals surface area contributed by atoms with Gasteiger partial charge in [-0.25, -0.2) is 22.9 Å². The maximum atomic E-state index is 11.0. The number of rotatable bonds is 12. The topological polar surface area (TPSA) is 124 Å². The molecule has 476 valence electrons. The Hall–Kier alpha value is -8.66. The average molecular weight is 1210 g/mol. The Morgan fingerprint density at radius 1 is 0.420 bits per heavy atom. The minimum Gasteiger partial charge on any atom is -0.493 e. The third-order valence-corrected chi connectivity index (χ3v) is 15.1. The molecule has 6 aromatic carbocycles. The quantitative estimate of drug-likeness (QED) is 0.0859. The monoisotopic (exact) mass is 1210 g/mol. The zero-order chi connectivity index (χ0) is 59.0. The number of carbonyl (C=O) groups excluding carboxylic acids is 1.